The van der Waals surface area contributed by atoms with Gasteiger partial charge < -0.3 is 5.32 Å². The van der Waals surface area contributed by atoms with E-state index in [0.29, 0.717) is 17.6 Å². The van der Waals surface area contributed by atoms with Gasteiger partial charge in [-0.3, -0.25) is 4.79 Å². The molecule has 1 aliphatic rings. The third kappa shape index (κ3) is 2.47. The van der Waals surface area contributed by atoms with Crippen molar-refractivity contribution in [2.24, 2.45) is 0 Å². The number of benzene rings is 1. The Labute approximate surface area is 111 Å². The molecule has 2 aromatic rings. The molecule has 1 aromatic heterocycles. The van der Waals surface area contributed by atoms with Gasteiger partial charge in [-0.05, 0) is 30.9 Å². The molecule has 0 aliphatic heterocycles. The Bertz CT molecular complexity index is 582. The third-order valence-electron chi connectivity index (χ3n) is 3.44. The summed E-state index contributed by atoms with van der Waals surface area (Å²) in [6.07, 6.45) is 5.13. The van der Waals surface area contributed by atoms with Crippen molar-refractivity contribution in [1.29, 1.82) is 0 Å². The summed E-state index contributed by atoms with van der Waals surface area (Å²) >= 11 is 0. The summed E-state index contributed by atoms with van der Waals surface area (Å²) in [4.78, 5) is 19.5. The smallest absolute Gasteiger partial charge is 0.222 e. The first-order valence-electron chi connectivity index (χ1n) is 6.38. The van der Waals surface area contributed by atoms with Gasteiger partial charge in [0.15, 0.2) is 5.78 Å². The maximum atomic E-state index is 11.1. The molecule has 1 aromatic carbocycles. The lowest BCUT2D eigenvalue weighted by Gasteiger charge is -2.11. The quantitative estimate of drug-likeness (QED) is 0.852. The highest BCUT2D eigenvalue weighted by molar-refractivity contribution is 5.93. The summed E-state index contributed by atoms with van der Waals surface area (Å²) in [5.41, 5.74) is 3.32. The zero-order valence-corrected chi connectivity index (χ0v) is 10.8. The highest BCUT2D eigenvalue weighted by Crippen LogP contribution is 2.23. The minimum absolute atomic E-state index is 0.0141. The van der Waals surface area contributed by atoms with E-state index < -0.39 is 0 Å². The van der Waals surface area contributed by atoms with Crippen LogP contribution in [0.5, 0.6) is 0 Å². The largest absolute Gasteiger partial charge is 0.351 e. The summed E-state index contributed by atoms with van der Waals surface area (Å²) < 4.78 is 0. The average Bonchev–Trinajstić information content (AvgIpc) is 2.81. The molecule has 1 N–H and O–H groups in total. The number of nitrogens with one attached hydrogen (secondary N) is 1. The second-order valence-electron chi connectivity index (χ2n) is 4.87. The third-order valence-corrected chi connectivity index (χ3v) is 3.44. The minimum Gasteiger partial charge on any atom is -0.351 e. The Kier molecular flexibility index (Phi) is 2.99. The lowest BCUT2D eigenvalue weighted by Crippen LogP contribution is -2.21. The van der Waals surface area contributed by atoms with Gasteiger partial charge in [-0.2, -0.15) is 0 Å². The Hall–Kier alpha value is -2.23. The summed E-state index contributed by atoms with van der Waals surface area (Å²) in [7, 11) is 0. The van der Waals surface area contributed by atoms with Crippen LogP contribution < -0.4 is 5.32 Å². The zero-order chi connectivity index (χ0) is 13.2. The van der Waals surface area contributed by atoms with E-state index in [-0.39, 0.29) is 5.78 Å². The SMILES string of the molecule is CC(=O)c1cnc(NC2Cc3ccccc3C2)nc1. The number of rotatable bonds is 3. The van der Waals surface area contributed by atoms with Gasteiger partial charge in [-0.15, -0.1) is 0 Å². The molecular weight excluding hydrogens is 238 g/mol. The molecule has 0 spiro atoms. The molecule has 0 saturated carbocycles. The number of carbonyl (C=O) groups is 1. The second-order valence-corrected chi connectivity index (χ2v) is 4.87. The van der Waals surface area contributed by atoms with Crippen molar-refractivity contribution in [2.75, 3.05) is 5.32 Å². The lowest BCUT2D eigenvalue weighted by molar-refractivity contribution is 0.101. The van der Waals surface area contributed by atoms with E-state index in [2.05, 4.69) is 39.6 Å². The number of ketones is 1. The maximum Gasteiger partial charge on any atom is 0.222 e. The number of aromatic nitrogens is 2. The molecule has 19 heavy (non-hydrogen) atoms. The van der Waals surface area contributed by atoms with Crippen LogP contribution in [-0.2, 0) is 12.8 Å². The minimum atomic E-state index is -0.0141. The van der Waals surface area contributed by atoms with Crippen molar-refractivity contribution in [1.82, 2.24) is 9.97 Å². The monoisotopic (exact) mass is 253 g/mol. The number of hydrogen-bond acceptors (Lipinski definition) is 4. The van der Waals surface area contributed by atoms with E-state index in [1.165, 1.54) is 18.1 Å². The van der Waals surface area contributed by atoms with Gasteiger partial charge in [0.2, 0.25) is 5.95 Å². The standard InChI is InChI=1S/C15H15N3O/c1-10(19)13-8-16-15(17-9-13)18-14-6-11-4-2-3-5-12(11)7-14/h2-5,8-9,14H,6-7H2,1H3,(H,16,17,18). The summed E-state index contributed by atoms with van der Waals surface area (Å²) in [5.74, 6) is 0.572. The Morgan fingerprint density at radius 2 is 1.74 bits per heavy atom. The lowest BCUT2D eigenvalue weighted by atomic mass is 10.1. The van der Waals surface area contributed by atoms with Gasteiger partial charge in [0.05, 0.1) is 5.56 Å². The number of carbonyl (C=O) groups excluding carboxylic acids is 1. The molecule has 1 aliphatic carbocycles. The van der Waals surface area contributed by atoms with E-state index >= 15 is 0 Å². The molecule has 96 valence electrons. The van der Waals surface area contributed by atoms with Crippen LogP contribution in [0.3, 0.4) is 0 Å². The van der Waals surface area contributed by atoms with Crippen molar-refractivity contribution in [3.8, 4) is 0 Å². The molecule has 0 atom stereocenters. The topological polar surface area (TPSA) is 54.9 Å². The van der Waals surface area contributed by atoms with E-state index in [4.69, 9.17) is 0 Å². The van der Waals surface area contributed by atoms with Crippen molar-refractivity contribution in [2.45, 2.75) is 25.8 Å². The van der Waals surface area contributed by atoms with Crippen LogP contribution in [0.4, 0.5) is 5.95 Å². The second kappa shape index (κ2) is 4.80. The van der Waals surface area contributed by atoms with Gasteiger partial charge in [-0.25, -0.2) is 9.97 Å². The molecule has 0 unspecified atom stereocenters. The first-order valence-corrected chi connectivity index (χ1v) is 6.38. The molecule has 0 radical (unpaired) electrons. The van der Waals surface area contributed by atoms with Crippen LogP contribution in [0.2, 0.25) is 0 Å². The number of hydrogen-bond donors (Lipinski definition) is 1. The Morgan fingerprint density at radius 3 is 2.26 bits per heavy atom. The Balaban J connectivity index is 1.69. The van der Waals surface area contributed by atoms with Gasteiger partial charge in [0.1, 0.15) is 0 Å². The van der Waals surface area contributed by atoms with E-state index in [9.17, 15) is 4.79 Å². The number of nitrogens with zero attached hydrogens (tertiary/aromatic N) is 2. The van der Waals surface area contributed by atoms with Crippen LogP contribution >= 0.6 is 0 Å². The molecule has 0 bridgehead atoms. The van der Waals surface area contributed by atoms with Crippen LogP contribution in [0.15, 0.2) is 36.7 Å². The zero-order valence-electron chi connectivity index (χ0n) is 10.8. The molecule has 4 heteroatoms. The molecule has 0 fully saturated rings. The van der Waals surface area contributed by atoms with Crippen molar-refractivity contribution in [3.05, 3.63) is 53.3 Å². The maximum absolute atomic E-state index is 11.1. The molecule has 4 nitrogen and oxygen atoms in total. The van der Waals surface area contributed by atoms with E-state index in [0.717, 1.165) is 12.8 Å². The van der Waals surface area contributed by atoms with Crippen molar-refractivity contribution in [3.63, 3.8) is 0 Å². The fourth-order valence-electron chi connectivity index (χ4n) is 2.43. The van der Waals surface area contributed by atoms with Crippen LogP contribution in [-0.4, -0.2) is 21.8 Å². The normalized spacial score (nSPS) is 14.2. The average molecular weight is 253 g/mol. The predicted molar refractivity (Wildman–Crippen MR) is 73.3 cm³/mol. The number of fused-ring (bicyclic) bond motifs is 1. The van der Waals surface area contributed by atoms with Crippen LogP contribution in [0, 0.1) is 0 Å². The predicted octanol–water partition coefficient (Wildman–Crippen LogP) is 2.26. The van der Waals surface area contributed by atoms with Gasteiger partial charge in [0, 0.05) is 18.4 Å². The summed E-state index contributed by atoms with van der Waals surface area (Å²) in [6, 6.07) is 8.80. The summed E-state index contributed by atoms with van der Waals surface area (Å²) in [5, 5.41) is 3.32. The molecular formula is C15H15N3O. The molecule has 1 heterocycles. The molecule has 0 amide bonds. The summed E-state index contributed by atoms with van der Waals surface area (Å²) in [6.45, 7) is 1.51. The first kappa shape index (κ1) is 11.8. The Morgan fingerprint density at radius 1 is 1.16 bits per heavy atom. The van der Waals surface area contributed by atoms with Gasteiger partial charge in [0.25, 0.3) is 0 Å². The fraction of sp³-hybridized carbons (Fsp3) is 0.267. The van der Waals surface area contributed by atoms with Gasteiger partial charge in [-0.1, -0.05) is 24.3 Å². The molecule has 0 saturated heterocycles. The highest BCUT2D eigenvalue weighted by atomic mass is 16.1. The van der Waals surface area contributed by atoms with E-state index in [1.807, 2.05) is 0 Å². The molecule has 3 rings (SSSR count). The number of anilines is 1. The first-order chi connectivity index (χ1) is 9.22. The fourth-order valence-corrected chi connectivity index (χ4v) is 2.43. The van der Waals surface area contributed by atoms with Crippen LogP contribution in [0.1, 0.15) is 28.4 Å². The number of Topliss-reactive ketones (excluding diaryl/α,β-unsaturated/α-hetero) is 1. The van der Waals surface area contributed by atoms with Crippen molar-refractivity contribution < 1.29 is 4.79 Å². The van der Waals surface area contributed by atoms with E-state index in [1.54, 1.807) is 12.4 Å². The van der Waals surface area contributed by atoms with Gasteiger partial charge >= 0.3 is 0 Å². The highest BCUT2D eigenvalue weighted by Gasteiger charge is 2.21. The van der Waals surface area contributed by atoms with Crippen LogP contribution in [0.25, 0.3) is 0 Å². The van der Waals surface area contributed by atoms with Crippen molar-refractivity contribution >= 4 is 11.7 Å².